The van der Waals surface area contributed by atoms with Crippen LogP contribution in [0.4, 0.5) is 17.6 Å². The molecule has 25 heavy (non-hydrogen) atoms. The largest absolute Gasteiger partial charge is 0.453 e. The van der Waals surface area contributed by atoms with Gasteiger partial charge in [-0.15, -0.1) is 0 Å². The summed E-state index contributed by atoms with van der Waals surface area (Å²) in [5, 5.41) is 4.19. The van der Waals surface area contributed by atoms with Gasteiger partial charge >= 0.3 is 0 Å². The maximum absolute atomic E-state index is 5.86. The number of nitrogens with two attached hydrogens (primary N) is 1. The monoisotopic (exact) mass is 331 g/mol. The van der Waals surface area contributed by atoms with Crippen LogP contribution in [0.5, 0.6) is 0 Å². The normalized spacial score (nSPS) is 11.0. The molecule has 2 aromatic carbocycles. The third kappa shape index (κ3) is 3.01. The van der Waals surface area contributed by atoms with Crippen molar-refractivity contribution in [3.8, 4) is 11.6 Å². The number of furan rings is 1. The van der Waals surface area contributed by atoms with Gasteiger partial charge in [0.25, 0.3) is 0 Å². The summed E-state index contributed by atoms with van der Waals surface area (Å²) in [6.07, 6.45) is 0. The Bertz CT molecular complexity index is 1040. The van der Waals surface area contributed by atoms with E-state index in [2.05, 4.69) is 33.3 Å². The SMILES string of the molecule is Cc1ccc(Nc2nc(N)nc(-c3cc4ccccc4o3)n2)c(C)c1. The smallest absolute Gasteiger partial charge is 0.232 e. The van der Waals surface area contributed by atoms with E-state index in [9.17, 15) is 0 Å². The minimum atomic E-state index is 0.137. The van der Waals surface area contributed by atoms with Crippen molar-refractivity contribution in [2.45, 2.75) is 13.8 Å². The quantitative estimate of drug-likeness (QED) is 0.584. The van der Waals surface area contributed by atoms with E-state index in [4.69, 9.17) is 10.2 Å². The second-order valence-electron chi connectivity index (χ2n) is 5.93. The van der Waals surface area contributed by atoms with Crippen molar-refractivity contribution in [2.75, 3.05) is 11.1 Å². The second-order valence-corrected chi connectivity index (χ2v) is 5.93. The molecule has 6 heteroatoms. The molecule has 0 fully saturated rings. The van der Waals surface area contributed by atoms with Gasteiger partial charge in [-0.3, -0.25) is 0 Å². The molecule has 3 N–H and O–H groups in total. The predicted octanol–water partition coefficient (Wildman–Crippen LogP) is 4.23. The van der Waals surface area contributed by atoms with Gasteiger partial charge in [0.1, 0.15) is 5.58 Å². The molecular weight excluding hydrogens is 314 g/mol. The number of hydrogen-bond acceptors (Lipinski definition) is 6. The summed E-state index contributed by atoms with van der Waals surface area (Å²) in [5.74, 6) is 1.47. The van der Waals surface area contributed by atoms with Crippen LogP contribution < -0.4 is 11.1 Å². The molecule has 0 aliphatic rings. The molecule has 0 saturated heterocycles. The Balaban J connectivity index is 1.73. The first-order valence-electron chi connectivity index (χ1n) is 7.93. The molecule has 0 amide bonds. The second kappa shape index (κ2) is 5.90. The van der Waals surface area contributed by atoms with E-state index in [1.54, 1.807) is 0 Å². The van der Waals surface area contributed by atoms with Gasteiger partial charge in [0, 0.05) is 11.1 Å². The molecular formula is C19H17N5O. The van der Waals surface area contributed by atoms with E-state index in [0.717, 1.165) is 22.2 Å². The molecule has 0 spiro atoms. The van der Waals surface area contributed by atoms with Crippen molar-refractivity contribution in [2.24, 2.45) is 0 Å². The first kappa shape index (κ1) is 15.1. The highest BCUT2D eigenvalue weighted by atomic mass is 16.3. The maximum Gasteiger partial charge on any atom is 0.232 e. The van der Waals surface area contributed by atoms with Crippen LogP contribution in [0, 0.1) is 13.8 Å². The summed E-state index contributed by atoms with van der Waals surface area (Å²) in [6, 6.07) is 15.8. The summed E-state index contributed by atoms with van der Waals surface area (Å²) in [6.45, 7) is 4.08. The van der Waals surface area contributed by atoms with E-state index in [1.165, 1.54) is 5.56 Å². The maximum atomic E-state index is 5.86. The number of rotatable bonds is 3. The van der Waals surface area contributed by atoms with Gasteiger partial charge in [0.05, 0.1) is 0 Å². The molecule has 0 atom stereocenters. The van der Waals surface area contributed by atoms with Crippen molar-refractivity contribution in [1.82, 2.24) is 15.0 Å². The topological polar surface area (TPSA) is 89.9 Å². The number of aromatic nitrogens is 3. The Morgan fingerprint density at radius 1 is 0.960 bits per heavy atom. The fourth-order valence-electron chi connectivity index (χ4n) is 2.72. The van der Waals surface area contributed by atoms with Gasteiger partial charge < -0.3 is 15.5 Å². The molecule has 0 unspecified atom stereocenters. The number of nitrogens with one attached hydrogen (secondary N) is 1. The number of fused-ring (bicyclic) bond motifs is 1. The van der Waals surface area contributed by atoms with Crippen LogP contribution in [0.1, 0.15) is 11.1 Å². The highest BCUT2D eigenvalue weighted by molar-refractivity contribution is 5.81. The van der Waals surface area contributed by atoms with E-state index >= 15 is 0 Å². The molecule has 0 bridgehead atoms. The Morgan fingerprint density at radius 3 is 2.60 bits per heavy atom. The van der Waals surface area contributed by atoms with Crippen molar-refractivity contribution in [3.05, 3.63) is 59.7 Å². The molecule has 2 aromatic heterocycles. The van der Waals surface area contributed by atoms with Crippen LogP contribution in [-0.2, 0) is 0 Å². The van der Waals surface area contributed by atoms with Gasteiger partial charge in [-0.2, -0.15) is 15.0 Å². The fraction of sp³-hybridized carbons (Fsp3) is 0.105. The third-order valence-corrected chi connectivity index (χ3v) is 3.93. The first-order valence-corrected chi connectivity index (χ1v) is 7.93. The minimum Gasteiger partial charge on any atom is -0.453 e. The number of para-hydroxylation sites is 1. The Hall–Kier alpha value is -3.41. The summed E-state index contributed by atoms with van der Waals surface area (Å²) < 4.78 is 5.82. The van der Waals surface area contributed by atoms with Crippen molar-refractivity contribution >= 4 is 28.6 Å². The van der Waals surface area contributed by atoms with Crippen molar-refractivity contribution in [1.29, 1.82) is 0 Å². The molecule has 6 nitrogen and oxygen atoms in total. The van der Waals surface area contributed by atoms with E-state index in [0.29, 0.717) is 17.5 Å². The molecule has 2 heterocycles. The minimum absolute atomic E-state index is 0.137. The summed E-state index contributed by atoms with van der Waals surface area (Å²) >= 11 is 0. The zero-order valence-corrected chi connectivity index (χ0v) is 13.9. The highest BCUT2D eigenvalue weighted by Crippen LogP contribution is 2.27. The average Bonchev–Trinajstić information content (AvgIpc) is 3.01. The Kier molecular flexibility index (Phi) is 3.57. The third-order valence-electron chi connectivity index (χ3n) is 3.93. The summed E-state index contributed by atoms with van der Waals surface area (Å²) in [4.78, 5) is 12.8. The molecule has 0 saturated carbocycles. The predicted molar refractivity (Wildman–Crippen MR) is 98.6 cm³/mol. The zero-order chi connectivity index (χ0) is 17.4. The molecule has 0 radical (unpaired) electrons. The lowest BCUT2D eigenvalue weighted by Gasteiger charge is -2.09. The number of benzene rings is 2. The van der Waals surface area contributed by atoms with Crippen molar-refractivity contribution in [3.63, 3.8) is 0 Å². The van der Waals surface area contributed by atoms with Gasteiger partial charge in [0.2, 0.25) is 17.7 Å². The van der Waals surface area contributed by atoms with Crippen LogP contribution in [0.25, 0.3) is 22.6 Å². The number of aryl methyl sites for hydroxylation is 2. The number of nitrogen functional groups attached to an aromatic ring is 1. The molecule has 4 rings (SSSR count). The van der Waals surface area contributed by atoms with E-state index < -0.39 is 0 Å². The van der Waals surface area contributed by atoms with Gasteiger partial charge in [0.15, 0.2) is 5.76 Å². The standard InChI is InChI=1S/C19H17N5O/c1-11-7-8-14(12(2)9-11)21-19-23-17(22-18(20)24-19)16-10-13-5-3-4-6-15(13)25-16/h3-10H,1-2H3,(H3,20,21,22,23,24). The number of anilines is 3. The summed E-state index contributed by atoms with van der Waals surface area (Å²) in [7, 11) is 0. The molecule has 0 aliphatic heterocycles. The molecule has 4 aromatic rings. The first-order chi connectivity index (χ1) is 12.1. The molecule has 0 aliphatic carbocycles. The Morgan fingerprint density at radius 2 is 1.80 bits per heavy atom. The van der Waals surface area contributed by atoms with Crippen LogP contribution in [-0.4, -0.2) is 15.0 Å². The molecule has 124 valence electrons. The highest BCUT2D eigenvalue weighted by Gasteiger charge is 2.12. The van der Waals surface area contributed by atoms with Gasteiger partial charge in [-0.1, -0.05) is 35.9 Å². The lowest BCUT2D eigenvalue weighted by molar-refractivity contribution is 0.625. The van der Waals surface area contributed by atoms with E-state index in [1.807, 2.05) is 49.4 Å². The van der Waals surface area contributed by atoms with Crippen LogP contribution in [0.2, 0.25) is 0 Å². The van der Waals surface area contributed by atoms with Crippen LogP contribution >= 0.6 is 0 Å². The zero-order valence-electron chi connectivity index (χ0n) is 13.9. The van der Waals surface area contributed by atoms with Crippen molar-refractivity contribution < 1.29 is 4.42 Å². The average molecular weight is 331 g/mol. The van der Waals surface area contributed by atoms with Gasteiger partial charge in [-0.25, -0.2) is 0 Å². The number of hydrogen-bond donors (Lipinski definition) is 2. The van der Waals surface area contributed by atoms with Gasteiger partial charge in [-0.05, 0) is 37.6 Å². The van der Waals surface area contributed by atoms with Crippen LogP contribution in [0.3, 0.4) is 0 Å². The fourth-order valence-corrected chi connectivity index (χ4v) is 2.72. The Labute approximate surface area is 144 Å². The lowest BCUT2D eigenvalue weighted by atomic mass is 10.1. The lowest BCUT2D eigenvalue weighted by Crippen LogP contribution is -2.05. The number of nitrogens with zero attached hydrogens (tertiary/aromatic N) is 3. The van der Waals surface area contributed by atoms with E-state index in [-0.39, 0.29) is 5.95 Å². The van der Waals surface area contributed by atoms with Crippen LogP contribution in [0.15, 0.2) is 52.9 Å². The summed E-state index contributed by atoms with van der Waals surface area (Å²) in [5.41, 5.74) is 9.86.